The van der Waals surface area contributed by atoms with Crippen LogP contribution in [-0.4, -0.2) is 14.1 Å². The van der Waals surface area contributed by atoms with Gasteiger partial charge in [0.2, 0.25) is 0 Å². The molecule has 0 N–H and O–H groups in total. The summed E-state index contributed by atoms with van der Waals surface area (Å²) in [7, 11) is 0. The Balaban J connectivity index is 1.35. The normalized spacial score (nSPS) is 11.8. The summed E-state index contributed by atoms with van der Waals surface area (Å²) in [5.41, 5.74) is 11.1. The molecule has 0 atom stereocenters. The van der Waals surface area contributed by atoms with Crippen molar-refractivity contribution < 1.29 is 0 Å². The maximum absolute atomic E-state index is 5.18. The molecule has 7 aromatic carbocycles. The van der Waals surface area contributed by atoms with Crippen LogP contribution in [0, 0.1) is 0 Å². The van der Waals surface area contributed by atoms with E-state index in [4.69, 9.17) is 4.98 Å². The van der Waals surface area contributed by atoms with Crippen molar-refractivity contribution in [2.24, 2.45) is 0 Å². The molecule has 3 nitrogen and oxygen atoms in total. The van der Waals surface area contributed by atoms with Gasteiger partial charge in [0.1, 0.15) is 0 Å². The third-order valence-electron chi connectivity index (χ3n) is 9.67. The topological polar surface area (TPSA) is 22.8 Å². The molecule has 0 radical (unpaired) electrons. The van der Waals surface area contributed by atoms with Crippen molar-refractivity contribution in [1.82, 2.24) is 14.1 Å². The predicted molar refractivity (Wildman–Crippen MR) is 201 cm³/mol. The Morgan fingerprint density at radius 1 is 0.333 bits per heavy atom. The number of nitrogens with zero attached hydrogens (tertiary/aromatic N) is 3. The van der Waals surface area contributed by atoms with Gasteiger partial charge in [0.15, 0.2) is 0 Å². The first-order valence-electron chi connectivity index (χ1n) is 16.4. The summed E-state index contributed by atoms with van der Waals surface area (Å²) in [6, 6.07) is 63.1. The number of rotatable bonds is 4. The maximum atomic E-state index is 5.18. The van der Waals surface area contributed by atoms with Crippen molar-refractivity contribution in [2.45, 2.75) is 0 Å². The Labute approximate surface area is 277 Å². The molecule has 0 saturated heterocycles. The highest BCUT2D eigenvalue weighted by Gasteiger charge is 2.20. The van der Waals surface area contributed by atoms with Crippen molar-refractivity contribution in [1.29, 1.82) is 0 Å². The summed E-state index contributed by atoms with van der Waals surface area (Å²) in [6.07, 6.45) is 0. The fraction of sp³-hybridized carbons (Fsp3) is 0. The van der Waals surface area contributed by atoms with Crippen LogP contribution in [0.15, 0.2) is 176 Å². The molecule has 10 rings (SSSR count). The molecule has 0 aliphatic heterocycles. The summed E-state index contributed by atoms with van der Waals surface area (Å²) >= 11 is 0. The van der Waals surface area contributed by atoms with Crippen molar-refractivity contribution in [3.05, 3.63) is 176 Å². The van der Waals surface area contributed by atoms with E-state index in [1.165, 1.54) is 54.4 Å². The highest BCUT2D eigenvalue weighted by atomic mass is 15.0. The summed E-state index contributed by atoms with van der Waals surface area (Å²) in [5.74, 6) is 0. The fourth-order valence-corrected chi connectivity index (χ4v) is 7.52. The number of fused-ring (bicyclic) bond motifs is 8. The quantitative estimate of drug-likeness (QED) is 0.194. The average Bonchev–Trinajstić information content (AvgIpc) is 3.67. The number of para-hydroxylation sites is 2. The molecule has 48 heavy (non-hydrogen) atoms. The van der Waals surface area contributed by atoms with Crippen molar-refractivity contribution in [2.75, 3.05) is 0 Å². The van der Waals surface area contributed by atoms with Gasteiger partial charge in [-0.1, -0.05) is 133 Å². The van der Waals surface area contributed by atoms with Crippen LogP contribution in [0.5, 0.6) is 0 Å². The smallest absolute Gasteiger partial charge is 0.0730 e. The lowest BCUT2D eigenvalue weighted by Crippen LogP contribution is -1.98. The largest absolute Gasteiger partial charge is 0.309 e. The zero-order valence-electron chi connectivity index (χ0n) is 26.1. The monoisotopic (exact) mass is 611 g/mol. The minimum atomic E-state index is 0.950. The summed E-state index contributed by atoms with van der Waals surface area (Å²) in [4.78, 5) is 5.18. The second-order valence-corrected chi connectivity index (χ2v) is 12.4. The Kier molecular flexibility index (Phi) is 5.87. The molecule has 3 aromatic heterocycles. The second-order valence-electron chi connectivity index (χ2n) is 12.4. The van der Waals surface area contributed by atoms with Gasteiger partial charge in [-0.2, -0.15) is 0 Å². The zero-order valence-corrected chi connectivity index (χ0v) is 26.1. The van der Waals surface area contributed by atoms with Crippen LogP contribution in [0.4, 0.5) is 0 Å². The van der Waals surface area contributed by atoms with Crippen LogP contribution >= 0.6 is 0 Å². The van der Waals surface area contributed by atoms with Crippen LogP contribution in [0.3, 0.4) is 0 Å². The Hall–Kier alpha value is -6.45. The third kappa shape index (κ3) is 4.04. The molecule has 0 aliphatic rings. The first-order valence-corrected chi connectivity index (χ1v) is 16.4. The molecule has 3 heterocycles. The first kappa shape index (κ1) is 26.7. The first-order chi connectivity index (χ1) is 23.8. The molecule has 10 aromatic rings. The minimum Gasteiger partial charge on any atom is -0.309 e. The lowest BCUT2D eigenvalue weighted by atomic mass is 10.0. The van der Waals surface area contributed by atoms with Gasteiger partial charge < -0.3 is 9.13 Å². The van der Waals surface area contributed by atoms with E-state index in [0.29, 0.717) is 0 Å². The van der Waals surface area contributed by atoms with E-state index in [-0.39, 0.29) is 0 Å². The van der Waals surface area contributed by atoms with Crippen LogP contribution in [0.25, 0.3) is 88.3 Å². The number of benzene rings is 7. The number of hydrogen-bond acceptors (Lipinski definition) is 1. The molecule has 0 spiro atoms. The molecule has 0 fully saturated rings. The van der Waals surface area contributed by atoms with Crippen molar-refractivity contribution >= 4 is 54.4 Å². The molecule has 0 unspecified atom stereocenters. The highest BCUT2D eigenvalue weighted by Crippen LogP contribution is 2.42. The molecular formula is C45H29N3. The summed E-state index contributed by atoms with van der Waals surface area (Å²) in [5, 5.41) is 7.42. The maximum Gasteiger partial charge on any atom is 0.0730 e. The van der Waals surface area contributed by atoms with Gasteiger partial charge in [-0.15, -0.1) is 0 Å². The van der Waals surface area contributed by atoms with Gasteiger partial charge in [0.25, 0.3) is 0 Å². The fourth-order valence-electron chi connectivity index (χ4n) is 7.52. The number of aromatic nitrogens is 3. The second kappa shape index (κ2) is 10.5. The zero-order chi connectivity index (χ0) is 31.6. The Morgan fingerprint density at radius 3 is 1.56 bits per heavy atom. The van der Waals surface area contributed by atoms with Gasteiger partial charge in [0, 0.05) is 43.7 Å². The molecule has 0 amide bonds. The number of pyridine rings is 1. The van der Waals surface area contributed by atoms with Crippen LogP contribution in [0.1, 0.15) is 0 Å². The SMILES string of the molecule is c1ccc(-c2cc(-n3c4ccccc4c4cc5c(cc43)c3ccc4ccccc4c3n5-c3ccccc3)cc(-c3ccccc3)n2)cc1. The molecule has 3 heteroatoms. The molecule has 0 saturated carbocycles. The lowest BCUT2D eigenvalue weighted by Gasteiger charge is -2.13. The highest BCUT2D eigenvalue weighted by molar-refractivity contribution is 6.23. The predicted octanol–water partition coefficient (Wildman–Crippen LogP) is 11.8. The van der Waals surface area contributed by atoms with E-state index in [2.05, 4.69) is 185 Å². The Morgan fingerprint density at radius 2 is 0.875 bits per heavy atom. The van der Waals surface area contributed by atoms with Gasteiger partial charge in [-0.05, 0) is 47.9 Å². The average molecular weight is 612 g/mol. The molecule has 0 bridgehead atoms. The third-order valence-corrected chi connectivity index (χ3v) is 9.67. The number of hydrogen-bond donors (Lipinski definition) is 0. The van der Waals surface area contributed by atoms with E-state index in [1.807, 2.05) is 0 Å². The van der Waals surface area contributed by atoms with Gasteiger partial charge in [-0.25, -0.2) is 4.98 Å². The molecular weight excluding hydrogens is 583 g/mol. The molecule has 224 valence electrons. The standard InChI is InChI=1S/C45H29N3/c1-4-15-31(16-5-1)40-26-34(27-41(46-40)32-17-6-2-7-18-32)47-42-23-13-12-22-36(42)38-28-44-39(29-43(38)47)37-25-24-30-14-10-11-21-35(30)45(37)48(44)33-19-8-3-9-20-33/h1-29H. The van der Waals surface area contributed by atoms with E-state index >= 15 is 0 Å². The van der Waals surface area contributed by atoms with Gasteiger partial charge in [0.05, 0.1) is 39.1 Å². The van der Waals surface area contributed by atoms with E-state index < -0.39 is 0 Å². The minimum absolute atomic E-state index is 0.950. The van der Waals surface area contributed by atoms with Crippen LogP contribution in [-0.2, 0) is 0 Å². The van der Waals surface area contributed by atoms with Crippen molar-refractivity contribution in [3.8, 4) is 33.9 Å². The Bertz CT molecular complexity index is 2750. The van der Waals surface area contributed by atoms with Gasteiger partial charge >= 0.3 is 0 Å². The summed E-state index contributed by atoms with van der Waals surface area (Å²) in [6.45, 7) is 0. The lowest BCUT2D eigenvalue weighted by molar-refractivity contribution is 1.16. The summed E-state index contributed by atoms with van der Waals surface area (Å²) < 4.78 is 4.88. The van der Waals surface area contributed by atoms with E-state index in [1.54, 1.807) is 0 Å². The van der Waals surface area contributed by atoms with Crippen LogP contribution in [0.2, 0.25) is 0 Å². The van der Waals surface area contributed by atoms with Crippen LogP contribution < -0.4 is 0 Å². The van der Waals surface area contributed by atoms with Gasteiger partial charge in [-0.3, -0.25) is 0 Å². The molecule has 0 aliphatic carbocycles. The van der Waals surface area contributed by atoms with E-state index in [9.17, 15) is 0 Å². The van der Waals surface area contributed by atoms with Crippen molar-refractivity contribution in [3.63, 3.8) is 0 Å². The van der Waals surface area contributed by atoms with E-state index in [0.717, 1.165) is 33.9 Å².